The highest BCUT2D eigenvalue weighted by atomic mass is 16.5. The van der Waals surface area contributed by atoms with Gasteiger partial charge in [0.25, 0.3) is 0 Å². The van der Waals surface area contributed by atoms with E-state index in [1.54, 1.807) is 12.1 Å². The number of ether oxygens (including phenoxy) is 1. The number of aromatic nitrogens is 1. The van der Waals surface area contributed by atoms with Gasteiger partial charge in [-0.15, -0.1) is 6.58 Å². The van der Waals surface area contributed by atoms with E-state index in [1.807, 2.05) is 0 Å². The van der Waals surface area contributed by atoms with Gasteiger partial charge >= 0.3 is 0 Å². The molecule has 4 nitrogen and oxygen atoms in total. The van der Waals surface area contributed by atoms with E-state index in [9.17, 15) is 0 Å². The molecule has 0 saturated carbocycles. The molecule has 4 heteroatoms. The van der Waals surface area contributed by atoms with Crippen molar-refractivity contribution in [2.75, 3.05) is 12.8 Å². The summed E-state index contributed by atoms with van der Waals surface area (Å²) in [6.07, 6.45) is 3.14. The maximum absolute atomic E-state index is 5.75. The first-order valence-corrected chi connectivity index (χ1v) is 3.86. The number of pyridine rings is 1. The van der Waals surface area contributed by atoms with Crippen molar-refractivity contribution in [1.29, 1.82) is 0 Å². The van der Waals surface area contributed by atoms with Crippen LogP contribution in [-0.2, 0) is 0 Å². The van der Waals surface area contributed by atoms with Crippen LogP contribution in [0.4, 0.5) is 5.69 Å². The third-order valence-electron chi connectivity index (χ3n) is 1.71. The van der Waals surface area contributed by atoms with Gasteiger partial charge in [0.2, 0.25) is 5.88 Å². The van der Waals surface area contributed by atoms with E-state index in [4.69, 9.17) is 16.2 Å². The van der Waals surface area contributed by atoms with E-state index in [2.05, 4.69) is 11.6 Å². The molecule has 1 heterocycles. The van der Waals surface area contributed by atoms with Crippen LogP contribution in [-0.4, -0.2) is 12.1 Å². The zero-order valence-electron chi connectivity index (χ0n) is 7.53. The fourth-order valence-electron chi connectivity index (χ4n) is 1.02. The second-order valence-corrected chi connectivity index (χ2v) is 2.63. The number of nitrogen functional groups attached to an aromatic ring is 1. The lowest BCUT2D eigenvalue weighted by Gasteiger charge is -2.11. The van der Waals surface area contributed by atoms with Crippen LogP contribution < -0.4 is 16.2 Å². The standard InChI is InChI=1S/C9H13N3O/c1-3-8(11)7-4-6(10)5-12-9(7)13-2/h3-5,8H,1,10-11H2,2H3/t8-/m1/s1. The molecule has 13 heavy (non-hydrogen) atoms. The Morgan fingerprint density at radius 1 is 1.69 bits per heavy atom. The topological polar surface area (TPSA) is 74.2 Å². The summed E-state index contributed by atoms with van der Waals surface area (Å²) in [5.41, 5.74) is 12.6. The molecule has 0 aromatic carbocycles. The molecule has 0 fully saturated rings. The van der Waals surface area contributed by atoms with E-state index < -0.39 is 0 Å². The molecule has 1 atom stereocenters. The smallest absolute Gasteiger partial charge is 0.218 e. The first-order valence-electron chi connectivity index (χ1n) is 3.86. The van der Waals surface area contributed by atoms with E-state index in [1.165, 1.54) is 13.3 Å². The molecule has 0 saturated heterocycles. The van der Waals surface area contributed by atoms with Crippen molar-refractivity contribution < 1.29 is 4.74 Å². The summed E-state index contributed by atoms with van der Waals surface area (Å²) < 4.78 is 5.03. The molecule has 0 amide bonds. The van der Waals surface area contributed by atoms with Crippen molar-refractivity contribution in [1.82, 2.24) is 4.98 Å². The van der Waals surface area contributed by atoms with Gasteiger partial charge in [-0.3, -0.25) is 0 Å². The Bertz CT molecular complexity index is 312. The predicted octanol–water partition coefficient (Wildman–Crippen LogP) is 0.858. The average Bonchev–Trinajstić information content (AvgIpc) is 2.16. The molecule has 4 N–H and O–H groups in total. The lowest BCUT2D eigenvalue weighted by Crippen LogP contribution is -2.09. The summed E-state index contributed by atoms with van der Waals surface area (Å²) in [5, 5.41) is 0. The summed E-state index contributed by atoms with van der Waals surface area (Å²) in [6, 6.07) is 1.43. The fourth-order valence-corrected chi connectivity index (χ4v) is 1.02. The van der Waals surface area contributed by atoms with Gasteiger partial charge in [-0.2, -0.15) is 0 Å². The second-order valence-electron chi connectivity index (χ2n) is 2.63. The van der Waals surface area contributed by atoms with Gasteiger partial charge in [-0.1, -0.05) is 6.08 Å². The first-order chi connectivity index (χ1) is 6.19. The molecule has 70 valence electrons. The van der Waals surface area contributed by atoms with E-state index in [-0.39, 0.29) is 6.04 Å². The van der Waals surface area contributed by atoms with Gasteiger partial charge in [-0.25, -0.2) is 4.98 Å². The number of nitrogens with two attached hydrogens (primary N) is 2. The highest BCUT2D eigenvalue weighted by Gasteiger charge is 2.09. The van der Waals surface area contributed by atoms with Gasteiger partial charge in [0.05, 0.1) is 25.0 Å². The molecule has 1 aromatic rings. The third kappa shape index (κ3) is 1.97. The minimum absolute atomic E-state index is 0.300. The van der Waals surface area contributed by atoms with Crippen molar-refractivity contribution in [2.45, 2.75) is 6.04 Å². The lowest BCUT2D eigenvalue weighted by molar-refractivity contribution is 0.391. The minimum atomic E-state index is -0.300. The summed E-state index contributed by atoms with van der Waals surface area (Å²) in [6.45, 7) is 3.59. The van der Waals surface area contributed by atoms with Crippen molar-refractivity contribution >= 4 is 5.69 Å². The fraction of sp³-hybridized carbons (Fsp3) is 0.222. The molecule has 0 unspecified atom stereocenters. The molecule has 0 radical (unpaired) electrons. The Balaban J connectivity index is 3.14. The highest BCUT2D eigenvalue weighted by Crippen LogP contribution is 2.23. The number of nitrogens with zero attached hydrogens (tertiary/aromatic N) is 1. The van der Waals surface area contributed by atoms with Crippen LogP contribution in [0.2, 0.25) is 0 Å². The average molecular weight is 179 g/mol. The van der Waals surface area contributed by atoms with E-state index >= 15 is 0 Å². The van der Waals surface area contributed by atoms with Gasteiger partial charge in [0.1, 0.15) is 0 Å². The van der Waals surface area contributed by atoms with Crippen LogP contribution in [0.15, 0.2) is 24.9 Å². The number of hydrogen-bond donors (Lipinski definition) is 2. The molecule has 0 aliphatic heterocycles. The van der Waals surface area contributed by atoms with Crippen molar-refractivity contribution in [3.8, 4) is 5.88 Å². The number of hydrogen-bond acceptors (Lipinski definition) is 4. The van der Waals surface area contributed by atoms with Gasteiger partial charge in [-0.05, 0) is 6.07 Å². The van der Waals surface area contributed by atoms with E-state index in [0.29, 0.717) is 11.6 Å². The molecular formula is C9H13N3O. The largest absolute Gasteiger partial charge is 0.481 e. The number of rotatable bonds is 3. The van der Waals surface area contributed by atoms with Gasteiger partial charge < -0.3 is 16.2 Å². The number of anilines is 1. The van der Waals surface area contributed by atoms with Gasteiger partial charge in [0.15, 0.2) is 0 Å². The van der Waals surface area contributed by atoms with Crippen LogP contribution in [0.25, 0.3) is 0 Å². The van der Waals surface area contributed by atoms with Crippen LogP contribution in [0.5, 0.6) is 5.88 Å². The van der Waals surface area contributed by atoms with Crippen molar-refractivity contribution in [2.24, 2.45) is 5.73 Å². The van der Waals surface area contributed by atoms with E-state index in [0.717, 1.165) is 5.56 Å². The Labute approximate surface area is 77.2 Å². The quantitative estimate of drug-likeness (QED) is 0.675. The van der Waals surface area contributed by atoms with Crippen LogP contribution in [0.1, 0.15) is 11.6 Å². The Morgan fingerprint density at radius 3 is 2.92 bits per heavy atom. The zero-order chi connectivity index (χ0) is 9.84. The molecule has 0 aliphatic rings. The molecule has 0 bridgehead atoms. The van der Waals surface area contributed by atoms with Crippen LogP contribution >= 0.6 is 0 Å². The van der Waals surface area contributed by atoms with Crippen LogP contribution in [0, 0.1) is 0 Å². The Hall–Kier alpha value is -1.55. The minimum Gasteiger partial charge on any atom is -0.481 e. The SMILES string of the molecule is C=C[C@@H](N)c1cc(N)cnc1OC. The maximum Gasteiger partial charge on any atom is 0.218 e. The number of methoxy groups -OCH3 is 1. The first kappa shape index (κ1) is 9.54. The zero-order valence-corrected chi connectivity index (χ0v) is 7.53. The summed E-state index contributed by atoms with van der Waals surface area (Å²) in [5.74, 6) is 0.488. The summed E-state index contributed by atoms with van der Waals surface area (Å²) in [4.78, 5) is 3.99. The Kier molecular flexibility index (Phi) is 2.87. The molecular weight excluding hydrogens is 166 g/mol. The molecule has 0 spiro atoms. The lowest BCUT2D eigenvalue weighted by atomic mass is 10.1. The molecule has 0 aliphatic carbocycles. The highest BCUT2D eigenvalue weighted by molar-refractivity contribution is 5.44. The monoisotopic (exact) mass is 179 g/mol. The van der Waals surface area contributed by atoms with Crippen molar-refractivity contribution in [3.05, 3.63) is 30.5 Å². The Morgan fingerprint density at radius 2 is 2.38 bits per heavy atom. The molecule has 1 aromatic heterocycles. The molecule has 1 rings (SSSR count). The maximum atomic E-state index is 5.75. The predicted molar refractivity (Wildman–Crippen MR) is 52.3 cm³/mol. The normalized spacial score (nSPS) is 12.2. The van der Waals surface area contributed by atoms with Crippen molar-refractivity contribution in [3.63, 3.8) is 0 Å². The summed E-state index contributed by atoms with van der Waals surface area (Å²) in [7, 11) is 1.54. The summed E-state index contributed by atoms with van der Waals surface area (Å²) >= 11 is 0. The third-order valence-corrected chi connectivity index (χ3v) is 1.71. The van der Waals surface area contributed by atoms with Crippen LogP contribution in [0.3, 0.4) is 0 Å². The second kappa shape index (κ2) is 3.91. The van der Waals surface area contributed by atoms with Gasteiger partial charge in [0, 0.05) is 5.56 Å².